The van der Waals surface area contributed by atoms with Crippen molar-refractivity contribution in [2.75, 3.05) is 31.8 Å². The van der Waals surface area contributed by atoms with E-state index in [2.05, 4.69) is 0 Å². The molecule has 1 aliphatic rings. The van der Waals surface area contributed by atoms with E-state index in [0.29, 0.717) is 18.0 Å². The molecule has 1 fully saturated rings. The second kappa shape index (κ2) is 4.96. The van der Waals surface area contributed by atoms with Gasteiger partial charge >= 0.3 is 0 Å². The Bertz CT molecular complexity index is 448. The zero-order valence-electron chi connectivity index (χ0n) is 10.5. The fourth-order valence-corrected chi connectivity index (χ4v) is 1.95. The average Bonchev–Trinajstić information content (AvgIpc) is 2.42. The number of amides is 1. The summed E-state index contributed by atoms with van der Waals surface area (Å²) < 4.78 is 10.6. The van der Waals surface area contributed by atoms with Crippen molar-refractivity contribution in [2.24, 2.45) is 0 Å². The summed E-state index contributed by atoms with van der Waals surface area (Å²) in [5, 5.41) is 9.33. The van der Waals surface area contributed by atoms with Crippen LogP contribution in [0.3, 0.4) is 0 Å². The van der Waals surface area contributed by atoms with Gasteiger partial charge in [-0.2, -0.15) is 0 Å². The molecule has 0 saturated carbocycles. The molecule has 1 aromatic carbocycles. The van der Waals surface area contributed by atoms with E-state index in [0.717, 1.165) is 0 Å². The van der Waals surface area contributed by atoms with Crippen LogP contribution in [0.2, 0.25) is 0 Å². The third-order valence-corrected chi connectivity index (χ3v) is 3.05. The first-order chi connectivity index (χ1) is 8.59. The Labute approximate surface area is 106 Å². The number of anilines is 1. The highest BCUT2D eigenvalue weighted by molar-refractivity contribution is 5.96. The van der Waals surface area contributed by atoms with Gasteiger partial charge in [-0.3, -0.25) is 4.79 Å². The lowest BCUT2D eigenvalue weighted by Gasteiger charge is -2.39. The summed E-state index contributed by atoms with van der Waals surface area (Å²) in [7, 11) is 1.56. The fraction of sp³-hybridized carbons (Fsp3) is 0.462. The number of benzene rings is 1. The van der Waals surface area contributed by atoms with E-state index in [1.54, 1.807) is 25.0 Å². The molecule has 1 aliphatic heterocycles. The van der Waals surface area contributed by atoms with Crippen molar-refractivity contribution in [2.45, 2.75) is 12.5 Å². The van der Waals surface area contributed by atoms with E-state index in [1.807, 2.05) is 18.2 Å². The molecule has 5 nitrogen and oxygen atoms in total. The normalized spacial score (nSPS) is 24.2. The summed E-state index contributed by atoms with van der Waals surface area (Å²) in [6.07, 6.45) is 0. The van der Waals surface area contributed by atoms with Gasteiger partial charge in [-0.1, -0.05) is 12.1 Å². The van der Waals surface area contributed by atoms with E-state index in [9.17, 15) is 9.90 Å². The molecule has 1 atom stereocenters. The molecule has 0 spiro atoms. The van der Waals surface area contributed by atoms with Crippen LogP contribution in [0.25, 0.3) is 0 Å². The van der Waals surface area contributed by atoms with Crippen molar-refractivity contribution in [3.8, 4) is 5.75 Å². The van der Waals surface area contributed by atoms with Crippen molar-refractivity contribution in [3.05, 3.63) is 24.3 Å². The smallest absolute Gasteiger partial charge is 0.253 e. The van der Waals surface area contributed by atoms with Gasteiger partial charge in [0.15, 0.2) is 0 Å². The average molecular weight is 251 g/mol. The van der Waals surface area contributed by atoms with Crippen LogP contribution in [0, 0.1) is 0 Å². The number of carbonyl (C=O) groups excluding carboxylic acids is 1. The number of rotatable bonds is 3. The van der Waals surface area contributed by atoms with E-state index >= 15 is 0 Å². The Morgan fingerprint density at radius 1 is 1.50 bits per heavy atom. The van der Waals surface area contributed by atoms with E-state index in [1.165, 1.54) is 0 Å². The van der Waals surface area contributed by atoms with Crippen LogP contribution in [0.1, 0.15) is 6.92 Å². The molecule has 18 heavy (non-hydrogen) atoms. The highest BCUT2D eigenvalue weighted by Gasteiger charge is 2.37. The zero-order valence-corrected chi connectivity index (χ0v) is 10.5. The minimum Gasteiger partial charge on any atom is -0.495 e. The lowest BCUT2D eigenvalue weighted by atomic mass is 10.0. The Balaban J connectivity index is 2.33. The Kier molecular flexibility index (Phi) is 3.54. The molecule has 1 saturated heterocycles. The topological polar surface area (TPSA) is 59.0 Å². The third-order valence-electron chi connectivity index (χ3n) is 3.05. The van der Waals surface area contributed by atoms with Gasteiger partial charge in [0.1, 0.15) is 18.0 Å². The zero-order chi connectivity index (χ0) is 13.2. The van der Waals surface area contributed by atoms with Crippen LogP contribution in [0.15, 0.2) is 24.3 Å². The summed E-state index contributed by atoms with van der Waals surface area (Å²) in [5.41, 5.74) is -0.0256. The molecule has 0 radical (unpaired) electrons. The van der Waals surface area contributed by atoms with Crippen LogP contribution in [0.4, 0.5) is 5.69 Å². The second-order valence-corrected chi connectivity index (χ2v) is 4.55. The SMILES string of the molecule is COc1ccccc1N1CC(C)(CO)OCC1=O. The number of nitrogens with zero attached hydrogens (tertiary/aromatic N) is 1. The standard InChI is InChI=1S/C13H17NO4/c1-13(9-15)8-14(12(16)7-18-13)10-5-3-4-6-11(10)17-2/h3-6,15H,7-9H2,1-2H3. The van der Waals surface area contributed by atoms with Gasteiger partial charge in [0.05, 0.1) is 25.9 Å². The number of carbonyl (C=O) groups is 1. The van der Waals surface area contributed by atoms with Crippen LogP contribution in [-0.4, -0.2) is 43.5 Å². The van der Waals surface area contributed by atoms with Gasteiger partial charge in [-0.05, 0) is 19.1 Å². The maximum absolute atomic E-state index is 11.9. The number of ether oxygens (including phenoxy) is 2. The lowest BCUT2D eigenvalue weighted by molar-refractivity contribution is -0.141. The number of hydrogen-bond donors (Lipinski definition) is 1. The predicted octanol–water partition coefficient (Wildman–Crippen LogP) is 0.809. The van der Waals surface area contributed by atoms with Gasteiger partial charge in [-0.25, -0.2) is 0 Å². The Morgan fingerprint density at radius 2 is 2.22 bits per heavy atom. The lowest BCUT2D eigenvalue weighted by Crippen LogP contribution is -2.55. The largest absolute Gasteiger partial charge is 0.495 e. The number of aliphatic hydroxyl groups excluding tert-OH is 1. The summed E-state index contributed by atoms with van der Waals surface area (Å²) in [5.74, 6) is 0.499. The van der Waals surface area contributed by atoms with Crippen LogP contribution >= 0.6 is 0 Å². The molecule has 98 valence electrons. The van der Waals surface area contributed by atoms with Gasteiger partial charge in [0.25, 0.3) is 5.91 Å². The molecule has 1 N–H and O–H groups in total. The molecule has 1 heterocycles. The van der Waals surface area contributed by atoms with Crippen molar-refractivity contribution in [3.63, 3.8) is 0 Å². The van der Waals surface area contributed by atoms with Crippen molar-refractivity contribution < 1.29 is 19.4 Å². The van der Waals surface area contributed by atoms with E-state index in [4.69, 9.17) is 9.47 Å². The number of morpholine rings is 1. The van der Waals surface area contributed by atoms with E-state index < -0.39 is 5.60 Å². The van der Waals surface area contributed by atoms with Gasteiger partial charge < -0.3 is 19.5 Å². The molecule has 1 amide bonds. The fourth-order valence-electron chi connectivity index (χ4n) is 1.95. The quantitative estimate of drug-likeness (QED) is 0.863. The highest BCUT2D eigenvalue weighted by Crippen LogP contribution is 2.31. The van der Waals surface area contributed by atoms with Crippen molar-refractivity contribution in [1.82, 2.24) is 0 Å². The number of methoxy groups -OCH3 is 1. The molecule has 1 unspecified atom stereocenters. The maximum Gasteiger partial charge on any atom is 0.253 e. The van der Waals surface area contributed by atoms with Gasteiger partial charge in [0.2, 0.25) is 0 Å². The van der Waals surface area contributed by atoms with E-state index in [-0.39, 0.29) is 19.1 Å². The Morgan fingerprint density at radius 3 is 2.89 bits per heavy atom. The maximum atomic E-state index is 11.9. The second-order valence-electron chi connectivity index (χ2n) is 4.55. The van der Waals surface area contributed by atoms with Crippen LogP contribution < -0.4 is 9.64 Å². The molecular weight excluding hydrogens is 234 g/mol. The Hall–Kier alpha value is -1.59. The molecule has 1 aromatic rings. The molecular formula is C13H17NO4. The van der Waals surface area contributed by atoms with Gasteiger partial charge in [0, 0.05) is 0 Å². The molecule has 5 heteroatoms. The minimum atomic E-state index is -0.727. The first kappa shape index (κ1) is 12.9. The first-order valence-electron chi connectivity index (χ1n) is 5.78. The van der Waals surface area contributed by atoms with Crippen molar-refractivity contribution in [1.29, 1.82) is 0 Å². The number of aliphatic hydroxyl groups is 1. The minimum absolute atomic E-state index is 0.0326. The number of para-hydroxylation sites is 2. The van der Waals surface area contributed by atoms with Gasteiger partial charge in [-0.15, -0.1) is 0 Å². The molecule has 0 bridgehead atoms. The summed E-state index contributed by atoms with van der Waals surface area (Å²) in [4.78, 5) is 13.5. The third kappa shape index (κ3) is 2.32. The van der Waals surface area contributed by atoms with Crippen LogP contribution in [-0.2, 0) is 9.53 Å². The molecule has 0 aliphatic carbocycles. The summed E-state index contributed by atoms with van der Waals surface area (Å²) >= 11 is 0. The first-order valence-corrected chi connectivity index (χ1v) is 5.78. The predicted molar refractivity (Wildman–Crippen MR) is 66.8 cm³/mol. The molecule has 0 aromatic heterocycles. The summed E-state index contributed by atoms with van der Waals surface area (Å²) in [6, 6.07) is 7.31. The molecule has 2 rings (SSSR count). The monoisotopic (exact) mass is 251 g/mol. The van der Waals surface area contributed by atoms with Crippen molar-refractivity contribution >= 4 is 11.6 Å². The summed E-state index contributed by atoms with van der Waals surface area (Å²) in [6.45, 7) is 1.92. The highest BCUT2D eigenvalue weighted by atomic mass is 16.5. The van der Waals surface area contributed by atoms with Crippen LogP contribution in [0.5, 0.6) is 5.75 Å². The number of hydrogen-bond acceptors (Lipinski definition) is 4.